The van der Waals surface area contributed by atoms with Gasteiger partial charge in [0.05, 0.1) is 12.6 Å². The van der Waals surface area contributed by atoms with Crippen molar-refractivity contribution in [2.75, 3.05) is 32.8 Å². The zero-order valence-electron chi connectivity index (χ0n) is 20.8. The first-order chi connectivity index (χ1) is 18.1. The van der Waals surface area contributed by atoms with E-state index in [1.165, 1.54) is 0 Å². The molecule has 192 valence electrons. The molecular weight excluding hydrogens is 466 g/mol. The molecule has 37 heavy (non-hydrogen) atoms. The van der Waals surface area contributed by atoms with E-state index < -0.39 is 12.1 Å². The fraction of sp³-hybridized carbons (Fsp3) is 0.310. The molecule has 1 fully saturated rings. The van der Waals surface area contributed by atoms with Crippen LogP contribution >= 0.6 is 0 Å². The summed E-state index contributed by atoms with van der Waals surface area (Å²) in [6.07, 6.45) is 2.77. The van der Waals surface area contributed by atoms with Gasteiger partial charge in [-0.2, -0.15) is 0 Å². The molecule has 2 atom stereocenters. The maximum Gasteiger partial charge on any atom is 0.320 e. The molecule has 8 nitrogen and oxygen atoms in total. The highest BCUT2D eigenvalue weighted by molar-refractivity contribution is 5.89. The number of aromatic nitrogens is 1. The van der Waals surface area contributed by atoms with Crippen molar-refractivity contribution < 1.29 is 14.7 Å². The van der Waals surface area contributed by atoms with Gasteiger partial charge in [0.2, 0.25) is 5.91 Å². The first-order valence-electron chi connectivity index (χ1n) is 12.8. The number of benzene rings is 3. The molecule has 0 aliphatic carbocycles. The van der Waals surface area contributed by atoms with Gasteiger partial charge in [-0.05, 0) is 34.4 Å². The molecule has 0 unspecified atom stereocenters. The van der Waals surface area contributed by atoms with E-state index >= 15 is 0 Å². The zero-order chi connectivity index (χ0) is 25.8. The third kappa shape index (κ3) is 5.30. The summed E-state index contributed by atoms with van der Waals surface area (Å²) in [4.78, 5) is 33.4. The highest BCUT2D eigenvalue weighted by atomic mass is 16.3. The molecule has 5 rings (SSSR count). The first-order valence-corrected chi connectivity index (χ1v) is 12.8. The number of carbonyl (C=O) groups is 2. The summed E-state index contributed by atoms with van der Waals surface area (Å²) in [5, 5.41) is 16.4. The Labute approximate surface area is 216 Å². The number of carbonyl (C=O) groups excluding carboxylic acids is 2. The van der Waals surface area contributed by atoms with Crippen molar-refractivity contribution in [2.24, 2.45) is 5.73 Å². The highest BCUT2D eigenvalue weighted by Crippen LogP contribution is 2.22. The molecule has 0 radical (unpaired) electrons. The van der Waals surface area contributed by atoms with Crippen LogP contribution < -0.4 is 11.1 Å². The quantitative estimate of drug-likeness (QED) is 0.269. The smallest absolute Gasteiger partial charge is 0.320 e. The van der Waals surface area contributed by atoms with E-state index in [-0.39, 0.29) is 18.5 Å². The maximum atomic E-state index is 13.7. The third-order valence-corrected chi connectivity index (χ3v) is 7.16. The van der Waals surface area contributed by atoms with Gasteiger partial charge in [-0.1, -0.05) is 60.7 Å². The average Bonchev–Trinajstić information content (AvgIpc) is 3.50. The molecular formula is C29H33N5O3. The summed E-state index contributed by atoms with van der Waals surface area (Å²) in [7, 11) is 0. The first kappa shape index (κ1) is 24.8. The van der Waals surface area contributed by atoms with Crippen LogP contribution in [-0.4, -0.2) is 76.7 Å². The second kappa shape index (κ2) is 11.0. The Hall–Kier alpha value is -3.88. The summed E-state index contributed by atoms with van der Waals surface area (Å²) in [5.41, 5.74) is 8.70. The van der Waals surface area contributed by atoms with Gasteiger partial charge in [0.15, 0.2) is 0 Å². The second-order valence-electron chi connectivity index (χ2n) is 9.60. The van der Waals surface area contributed by atoms with E-state index in [1.54, 1.807) is 9.80 Å². The van der Waals surface area contributed by atoms with Crippen LogP contribution in [0, 0.1) is 0 Å². The number of aromatic amines is 1. The molecule has 4 aromatic rings. The van der Waals surface area contributed by atoms with Crippen LogP contribution in [0.5, 0.6) is 0 Å². The third-order valence-electron chi connectivity index (χ3n) is 7.16. The number of aliphatic hydroxyl groups is 1. The molecule has 5 N–H and O–H groups in total. The second-order valence-corrected chi connectivity index (χ2v) is 9.60. The van der Waals surface area contributed by atoms with Crippen LogP contribution in [0.3, 0.4) is 0 Å². The van der Waals surface area contributed by atoms with Crippen molar-refractivity contribution >= 4 is 33.6 Å². The van der Waals surface area contributed by atoms with Crippen molar-refractivity contribution in [1.29, 1.82) is 0 Å². The number of amides is 3. The van der Waals surface area contributed by atoms with E-state index in [0.717, 1.165) is 32.8 Å². The number of nitrogens with zero attached hydrogens (tertiary/aromatic N) is 2. The van der Waals surface area contributed by atoms with E-state index in [0.29, 0.717) is 39.0 Å². The molecule has 2 heterocycles. The Morgan fingerprint density at radius 1 is 1.03 bits per heavy atom. The lowest BCUT2D eigenvalue weighted by Gasteiger charge is -2.29. The summed E-state index contributed by atoms with van der Waals surface area (Å²) in [5.74, 6) is -0.269. The normalized spacial score (nSPS) is 15.5. The predicted octanol–water partition coefficient (Wildman–Crippen LogP) is 2.65. The fourth-order valence-corrected chi connectivity index (χ4v) is 5.21. The summed E-state index contributed by atoms with van der Waals surface area (Å²) in [6.45, 7) is 1.62. The number of hydrogen-bond acceptors (Lipinski definition) is 4. The number of rotatable bonds is 10. The Morgan fingerprint density at radius 2 is 1.81 bits per heavy atom. The van der Waals surface area contributed by atoms with Gasteiger partial charge in [-0.3, -0.25) is 4.79 Å². The van der Waals surface area contributed by atoms with Gasteiger partial charge < -0.3 is 30.9 Å². The number of aliphatic hydroxyl groups excluding tert-OH is 1. The summed E-state index contributed by atoms with van der Waals surface area (Å²) in [6, 6.07) is 20.8. The van der Waals surface area contributed by atoms with Crippen LogP contribution in [0.4, 0.5) is 4.79 Å². The van der Waals surface area contributed by atoms with Gasteiger partial charge in [0, 0.05) is 49.7 Å². The minimum atomic E-state index is -0.701. The van der Waals surface area contributed by atoms with E-state index in [9.17, 15) is 14.7 Å². The number of hydrogen-bond donors (Lipinski definition) is 4. The van der Waals surface area contributed by atoms with Crippen LogP contribution in [-0.2, 0) is 17.6 Å². The minimum Gasteiger partial charge on any atom is -0.394 e. The lowest BCUT2D eigenvalue weighted by molar-refractivity contribution is -0.126. The number of urea groups is 1. The molecule has 3 aromatic carbocycles. The standard InChI is InChI=1S/C29H33N5O3/c30-11-12-33-13-14-34(29(33)37)27(16-20-9-10-21-5-1-2-6-22(21)15-20)28(36)32-24(19-35)17-23-18-31-26-8-4-3-7-25(23)26/h1-10,15,18,24,27,31,35H,11-14,16-17,19,30H2,(H,32,36)/t24-,27-/m1/s1. The van der Waals surface area contributed by atoms with Crippen molar-refractivity contribution in [3.63, 3.8) is 0 Å². The van der Waals surface area contributed by atoms with Crippen LogP contribution in [0.15, 0.2) is 72.9 Å². The molecule has 8 heteroatoms. The molecule has 1 saturated heterocycles. The summed E-state index contributed by atoms with van der Waals surface area (Å²) >= 11 is 0. The molecule has 3 amide bonds. The topological polar surface area (TPSA) is 115 Å². The molecule has 1 aliphatic heterocycles. The highest BCUT2D eigenvalue weighted by Gasteiger charge is 2.37. The number of nitrogens with one attached hydrogen (secondary N) is 2. The number of H-pyrrole nitrogens is 1. The Kier molecular flexibility index (Phi) is 7.39. The Balaban J connectivity index is 1.38. The molecule has 1 aromatic heterocycles. The van der Waals surface area contributed by atoms with Crippen molar-refractivity contribution in [2.45, 2.75) is 24.9 Å². The Bertz CT molecular complexity index is 1400. The number of fused-ring (bicyclic) bond motifs is 2. The molecule has 0 saturated carbocycles. The van der Waals surface area contributed by atoms with Gasteiger partial charge in [-0.25, -0.2) is 4.79 Å². The zero-order valence-corrected chi connectivity index (χ0v) is 20.8. The lowest BCUT2D eigenvalue weighted by atomic mass is 9.99. The van der Waals surface area contributed by atoms with Crippen LogP contribution in [0.25, 0.3) is 21.7 Å². The Morgan fingerprint density at radius 3 is 2.62 bits per heavy atom. The van der Waals surface area contributed by atoms with Crippen molar-refractivity contribution in [3.05, 3.63) is 84.1 Å². The van der Waals surface area contributed by atoms with Gasteiger partial charge in [0.25, 0.3) is 0 Å². The monoisotopic (exact) mass is 499 g/mol. The number of para-hydroxylation sites is 1. The van der Waals surface area contributed by atoms with Crippen LogP contribution in [0.2, 0.25) is 0 Å². The van der Waals surface area contributed by atoms with Gasteiger partial charge in [-0.15, -0.1) is 0 Å². The predicted molar refractivity (Wildman–Crippen MR) is 145 cm³/mol. The lowest BCUT2D eigenvalue weighted by Crippen LogP contribution is -2.53. The largest absolute Gasteiger partial charge is 0.394 e. The fourth-order valence-electron chi connectivity index (χ4n) is 5.21. The van der Waals surface area contributed by atoms with Gasteiger partial charge in [0.1, 0.15) is 6.04 Å². The van der Waals surface area contributed by atoms with Crippen molar-refractivity contribution in [3.8, 4) is 0 Å². The maximum absolute atomic E-state index is 13.7. The number of nitrogens with two attached hydrogens (primary N) is 1. The minimum absolute atomic E-state index is 0.177. The van der Waals surface area contributed by atoms with E-state index in [4.69, 9.17) is 5.73 Å². The SMILES string of the molecule is NCCN1CCN([C@H](Cc2ccc3ccccc3c2)C(=O)N[C@@H](CO)Cc2c[nH]c3ccccc23)C1=O. The molecule has 0 bridgehead atoms. The van der Waals surface area contributed by atoms with E-state index in [1.807, 2.05) is 60.8 Å². The summed E-state index contributed by atoms with van der Waals surface area (Å²) < 4.78 is 0. The van der Waals surface area contributed by atoms with E-state index in [2.05, 4.69) is 22.4 Å². The van der Waals surface area contributed by atoms with Crippen molar-refractivity contribution in [1.82, 2.24) is 20.1 Å². The van der Waals surface area contributed by atoms with Gasteiger partial charge >= 0.3 is 6.03 Å². The molecule has 1 aliphatic rings. The average molecular weight is 500 g/mol. The molecule has 0 spiro atoms. The van der Waals surface area contributed by atoms with Crippen LogP contribution in [0.1, 0.15) is 11.1 Å².